The number of hydrogen-bond donors (Lipinski definition) is 1. The van der Waals surface area contributed by atoms with Gasteiger partial charge in [-0.15, -0.1) is 0 Å². The van der Waals surface area contributed by atoms with Crippen LogP contribution in [-0.4, -0.2) is 22.2 Å². The summed E-state index contributed by atoms with van der Waals surface area (Å²) in [7, 11) is 0. The summed E-state index contributed by atoms with van der Waals surface area (Å²) < 4.78 is 6.09. The second-order valence-corrected chi connectivity index (χ2v) is 7.18. The number of carbonyl (C=O) groups is 1. The fraction of sp³-hybridized carbons (Fsp3) is 0.647. The van der Waals surface area contributed by atoms with Crippen LogP contribution in [0.3, 0.4) is 0 Å². The highest BCUT2D eigenvalue weighted by Crippen LogP contribution is 2.40. The lowest BCUT2D eigenvalue weighted by atomic mass is 9.71. The molecule has 1 aromatic heterocycles. The highest BCUT2D eigenvalue weighted by molar-refractivity contribution is 5.92. The third-order valence-electron chi connectivity index (χ3n) is 4.15. The van der Waals surface area contributed by atoms with Gasteiger partial charge in [0.2, 0.25) is 0 Å². The third kappa shape index (κ3) is 3.74. The van der Waals surface area contributed by atoms with Crippen LogP contribution in [0.2, 0.25) is 0 Å². The molecule has 2 atom stereocenters. The van der Waals surface area contributed by atoms with E-state index in [1.54, 1.807) is 13.0 Å². The van der Waals surface area contributed by atoms with Crippen LogP contribution in [0, 0.1) is 25.2 Å². The van der Waals surface area contributed by atoms with Gasteiger partial charge in [0.15, 0.2) is 0 Å². The number of aromatic nitrogens is 1. The molecule has 1 heterocycles. The van der Waals surface area contributed by atoms with E-state index >= 15 is 0 Å². The predicted octanol–water partition coefficient (Wildman–Crippen LogP) is 3.99. The summed E-state index contributed by atoms with van der Waals surface area (Å²) in [5, 5.41) is 9.40. The van der Waals surface area contributed by atoms with Crippen molar-refractivity contribution in [2.24, 2.45) is 11.3 Å². The summed E-state index contributed by atoms with van der Waals surface area (Å²) in [6, 6.07) is 1.74. The molecule has 0 aromatic carbocycles. The molecule has 1 aliphatic carbocycles. The van der Waals surface area contributed by atoms with Crippen molar-refractivity contribution in [3.63, 3.8) is 0 Å². The molecule has 2 rings (SSSR count). The molecule has 0 bridgehead atoms. The molecule has 1 aromatic rings. The summed E-state index contributed by atoms with van der Waals surface area (Å²) in [6.07, 6.45) is 3.19. The standard InChI is InChI=1S/C17H25NO3/c1-10-6-13(9-17(4,5)8-10)21-14-7-11(2)18-12(3)15(14)16(19)20/h7,10,13H,6,8-9H2,1-5H3,(H,19,20). The number of ether oxygens (including phenoxy) is 1. The Kier molecular flexibility index (Phi) is 4.26. The number of aromatic carboxylic acids is 1. The Bertz CT molecular complexity index is 551. The first-order chi connectivity index (χ1) is 9.68. The second kappa shape index (κ2) is 5.66. The summed E-state index contributed by atoms with van der Waals surface area (Å²) >= 11 is 0. The van der Waals surface area contributed by atoms with Crippen molar-refractivity contribution >= 4 is 5.97 Å². The van der Waals surface area contributed by atoms with Crippen LogP contribution < -0.4 is 4.74 Å². The van der Waals surface area contributed by atoms with E-state index in [-0.39, 0.29) is 17.1 Å². The number of nitrogens with zero attached hydrogens (tertiary/aromatic N) is 1. The topological polar surface area (TPSA) is 59.4 Å². The van der Waals surface area contributed by atoms with Gasteiger partial charge in [0.05, 0.1) is 11.8 Å². The Labute approximate surface area is 126 Å². The molecule has 116 valence electrons. The zero-order chi connectivity index (χ0) is 15.8. The number of rotatable bonds is 3. The molecular weight excluding hydrogens is 266 g/mol. The largest absolute Gasteiger partial charge is 0.489 e. The molecule has 4 nitrogen and oxygen atoms in total. The van der Waals surface area contributed by atoms with Gasteiger partial charge in [0.25, 0.3) is 0 Å². The van der Waals surface area contributed by atoms with Gasteiger partial charge in [-0.05, 0) is 44.4 Å². The molecule has 4 heteroatoms. The maximum atomic E-state index is 11.5. The minimum atomic E-state index is -0.974. The van der Waals surface area contributed by atoms with Crippen molar-refractivity contribution < 1.29 is 14.6 Å². The molecule has 0 radical (unpaired) electrons. The highest BCUT2D eigenvalue weighted by Gasteiger charge is 2.34. The van der Waals surface area contributed by atoms with Crippen LogP contribution in [0.5, 0.6) is 5.75 Å². The number of hydrogen-bond acceptors (Lipinski definition) is 3. The van der Waals surface area contributed by atoms with Crippen LogP contribution in [0.4, 0.5) is 0 Å². The number of carboxylic acid groups (broad SMARTS) is 1. The minimum absolute atomic E-state index is 0.0723. The average Bonchev–Trinajstić information content (AvgIpc) is 2.23. The van der Waals surface area contributed by atoms with Crippen molar-refractivity contribution in [3.8, 4) is 5.75 Å². The third-order valence-corrected chi connectivity index (χ3v) is 4.15. The summed E-state index contributed by atoms with van der Waals surface area (Å²) in [4.78, 5) is 15.7. The van der Waals surface area contributed by atoms with Gasteiger partial charge in [0.1, 0.15) is 11.3 Å². The lowest BCUT2D eigenvalue weighted by Gasteiger charge is -2.39. The Hall–Kier alpha value is -1.58. The fourth-order valence-electron chi connectivity index (χ4n) is 3.67. The maximum Gasteiger partial charge on any atom is 0.341 e. The molecule has 0 saturated heterocycles. The van der Waals surface area contributed by atoms with E-state index in [1.165, 1.54) is 6.42 Å². The Morgan fingerprint density at radius 3 is 2.62 bits per heavy atom. The molecular formula is C17H25NO3. The molecule has 1 saturated carbocycles. The smallest absolute Gasteiger partial charge is 0.341 e. The van der Waals surface area contributed by atoms with Gasteiger partial charge in [-0.2, -0.15) is 0 Å². The second-order valence-electron chi connectivity index (χ2n) is 7.18. The van der Waals surface area contributed by atoms with E-state index in [0.717, 1.165) is 18.5 Å². The van der Waals surface area contributed by atoms with Gasteiger partial charge in [-0.25, -0.2) is 4.79 Å². The lowest BCUT2D eigenvalue weighted by Crippen LogP contribution is -2.34. The van der Waals surface area contributed by atoms with Gasteiger partial charge in [0, 0.05) is 11.8 Å². The minimum Gasteiger partial charge on any atom is -0.489 e. The van der Waals surface area contributed by atoms with Crippen molar-refractivity contribution in [2.45, 2.75) is 60.0 Å². The van der Waals surface area contributed by atoms with Crippen LogP contribution in [-0.2, 0) is 0 Å². The van der Waals surface area contributed by atoms with Gasteiger partial charge in [-0.1, -0.05) is 20.8 Å². The molecule has 1 fully saturated rings. The fourth-order valence-corrected chi connectivity index (χ4v) is 3.67. The number of pyridine rings is 1. The average molecular weight is 291 g/mol. The van der Waals surface area contributed by atoms with Crippen LogP contribution in [0.15, 0.2) is 6.07 Å². The van der Waals surface area contributed by atoms with Crippen molar-refractivity contribution in [1.82, 2.24) is 4.98 Å². The first kappa shape index (κ1) is 15.8. The zero-order valence-corrected chi connectivity index (χ0v) is 13.6. The number of carboxylic acids is 1. The van der Waals surface area contributed by atoms with E-state index in [4.69, 9.17) is 4.74 Å². The highest BCUT2D eigenvalue weighted by atomic mass is 16.5. The first-order valence-electron chi connectivity index (χ1n) is 7.56. The normalized spacial score (nSPS) is 24.6. The van der Waals surface area contributed by atoms with Crippen LogP contribution in [0.25, 0.3) is 0 Å². The van der Waals surface area contributed by atoms with E-state index in [2.05, 4.69) is 25.8 Å². The summed E-state index contributed by atoms with van der Waals surface area (Å²) in [5.41, 5.74) is 1.73. The monoisotopic (exact) mass is 291 g/mol. The summed E-state index contributed by atoms with van der Waals surface area (Å²) in [5.74, 6) is 0.0802. The van der Waals surface area contributed by atoms with E-state index in [0.29, 0.717) is 17.4 Å². The SMILES string of the molecule is Cc1cc(OC2CC(C)CC(C)(C)C2)c(C(=O)O)c(C)n1. The van der Waals surface area contributed by atoms with Gasteiger partial charge >= 0.3 is 5.97 Å². The first-order valence-corrected chi connectivity index (χ1v) is 7.56. The molecule has 0 aliphatic heterocycles. The maximum absolute atomic E-state index is 11.5. The Morgan fingerprint density at radius 2 is 2.05 bits per heavy atom. The Balaban J connectivity index is 2.29. The lowest BCUT2D eigenvalue weighted by molar-refractivity contribution is 0.0530. The molecule has 0 spiro atoms. The molecule has 1 N–H and O–H groups in total. The van der Waals surface area contributed by atoms with E-state index in [1.807, 2.05) is 6.92 Å². The quantitative estimate of drug-likeness (QED) is 0.914. The van der Waals surface area contributed by atoms with Crippen molar-refractivity contribution in [1.29, 1.82) is 0 Å². The molecule has 1 aliphatic rings. The molecule has 2 unspecified atom stereocenters. The van der Waals surface area contributed by atoms with Crippen LogP contribution >= 0.6 is 0 Å². The zero-order valence-electron chi connectivity index (χ0n) is 13.6. The van der Waals surface area contributed by atoms with Gasteiger partial charge in [-0.3, -0.25) is 4.98 Å². The van der Waals surface area contributed by atoms with Gasteiger partial charge < -0.3 is 9.84 Å². The van der Waals surface area contributed by atoms with Crippen molar-refractivity contribution in [3.05, 3.63) is 23.0 Å². The van der Waals surface area contributed by atoms with Crippen LogP contribution in [0.1, 0.15) is 61.8 Å². The number of aryl methyl sites for hydroxylation is 2. The van der Waals surface area contributed by atoms with Crippen molar-refractivity contribution in [2.75, 3.05) is 0 Å². The predicted molar refractivity (Wildman–Crippen MR) is 81.9 cm³/mol. The van der Waals surface area contributed by atoms with E-state index in [9.17, 15) is 9.90 Å². The van der Waals surface area contributed by atoms with E-state index < -0.39 is 5.97 Å². The summed E-state index contributed by atoms with van der Waals surface area (Å²) in [6.45, 7) is 10.3. The molecule has 0 amide bonds. The Morgan fingerprint density at radius 1 is 1.38 bits per heavy atom. The molecule has 21 heavy (non-hydrogen) atoms.